The monoisotopic (exact) mass is 412 g/mol. The molecule has 0 saturated heterocycles. The Hall–Kier alpha value is -3.49. The van der Waals surface area contributed by atoms with E-state index in [2.05, 4.69) is 0 Å². The molecule has 3 N–H and O–H groups in total. The molecule has 0 amide bonds. The molecule has 8 nitrogen and oxygen atoms in total. The Bertz CT molecular complexity index is 975. The predicted molar refractivity (Wildman–Crippen MR) is 104 cm³/mol. The lowest BCUT2D eigenvalue weighted by Crippen LogP contribution is -2.39. The molecule has 0 aliphatic rings. The minimum absolute atomic E-state index is 0.0948. The third-order valence-corrected chi connectivity index (χ3v) is 4.17. The number of aromatic nitrogens is 2. The summed E-state index contributed by atoms with van der Waals surface area (Å²) in [6, 6.07) is 14.6. The summed E-state index contributed by atoms with van der Waals surface area (Å²) in [5.74, 6) is 0.453. The second-order valence-corrected chi connectivity index (χ2v) is 6.72. The van der Waals surface area contributed by atoms with Gasteiger partial charge in [-0.25, -0.2) is 4.79 Å². The quantitative estimate of drug-likeness (QED) is 0.336. The first-order valence-electron chi connectivity index (χ1n) is 9.37. The first kappa shape index (κ1) is 21.2. The van der Waals surface area contributed by atoms with E-state index < -0.39 is 12.3 Å². The molecule has 0 aliphatic heterocycles. The Balaban J connectivity index is 1.51. The molecular formula is C22H24N2O6+2. The van der Waals surface area contributed by atoms with E-state index >= 15 is 0 Å². The Morgan fingerprint density at radius 2 is 1.33 bits per heavy atom. The van der Waals surface area contributed by atoms with Crippen molar-refractivity contribution in [1.82, 2.24) is 0 Å². The van der Waals surface area contributed by atoms with E-state index in [1.54, 1.807) is 64.3 Å². The highest BCUT2D eigenvalue weighted by Crippen LogP contribution is 2.19. The van der Waals surface area contributed by atoms with Crippen LogP contribution in [-0.2, 0) is 31.1 Å². The summed E-state index contributed by atoms with van der Waals surface area (Å²) in [5, 5.41) is 27.0. The Labute approximate surface area is 173 Å². The van der Waals surface area contributed by atoms with Gasteiger partial charge < -0.3 is 24.8 Å². The van der Waals surface area contributed by atoms with Crippen LogP contribution in [-0.4, -0.2) is 27.6 Å². The average molecular weight is 412 g/mol. The van der Waals surface area contributed by atoms with Crippen LogP contribution in [0.2, 0.25) is 0 Å². The van der Waals surface area contributed by atoms with Crippen LogP contribution >= 0.6 is 0 Å². The number of rotatable bonds is 10. The number of hydrogen-bond acceptors (Lipinski definition) is 5. The number of aliphatic carboxylic acids is 1. The Morgan fingerprint density at radius 1 is 0.833 bits per heavy atom. The van der Waals surface area contributed by atoms with Gasteiger partial charge in [0.15, 0.2) is 31.3 Å². The van der Waals surface area contributed by atoms with Crippen molar-refractivity contribution in [2.75, 3.05) is 0 Å². The maximum absolute atomic E-state index is 10.8. The first-order chi connectivity index (χ1) is 14.5. The lowest BCUT2D eigenvalue weighted by molar-refractivity contribution is -0.710. The topological polar surface area (TPSA) is 104 Å². The summed E-state index contributed by atoms with van der Waals surface area (Å²) >= 11 is 0. The zero-order chi connectivity index (χ0) is 21.3. The first-order valence-corrected chi connectivity index (χ1v) is 9.37. The highest BCUT2D eigenvalue weighted by molar-refractivity contribution is 5.64. The van der Waals surface area contributed by atoms with Crippen molar-refractivity contribution >= 4 is 5.97 Å². The van der Waals surface area contributed by atoms with E-state index in [1.165, 1.54) is 0 Å². The molecule has 2 heterocycles. The second kappa shape index (κ2) is 10.3. The molecule has 156 valence electrons. The lowest BCUT2D eigenvalue weighted by Gasteiger charge is -2.08. The number of benzene rings is 1. The SMILES string of the molecule is O=C(O)C[n+]1cccc(COc2ccc(OCc3ccc[n+](CC(O)O)c3)cc2)c1. The number of carboxylic acids is 1. The van der Waals surface area contributed by atoms with E-state index in [-0.39, 0.29) is 13.1 Å². The van der Waals surface area contributed by atoms with Gasteiger partial charge in [0.1, 0.15) is 24.7 Å². The minimum atomic E-state index is -1.41. The van der Waals surface area contributed by atoms with Gasteiger partial charge in [-0.3, -0.25) is 0 Å². The van der Waals surface area contributed by atoms with Crippen LogP contribution in [0.5, 0.6) is 11.5 Å². The molecule has 30 heavy (non-hydrogen) atoms. The van der Waals surface area contributed by atoms with Crippen molar-refractivity contribution in [2.45, 2.75) is 32.6 Å². The van der Waals surface area contributed by atoms with Crippen molar-refractivity contribution in [1.29, 1.82) is 0 Å². The van der Waals surface area contributed by atoms with Crippen LogP contribution in [0.4, 0.5) is 0 Å². The third-order valence-electron chi connectivity index (χ3n) is 4.17. The fourth-order valence-corrected chi connectivity index (χ4v) is 2.85. The van der Waals surface area contributed by atoms with Crippen LogP contribution in [0, 0.1) is 0 Å². The zero-order valence-corrected chi connectivity index (χ0v) is 16.3. The number of hydrogen-bond donors (Lipinski definition) is 3. The van der Waals surface area contributed by atoms with Gasteiger partial charge in [0, 0.05) is 12.1 Å². The third kappa shape index (κ3) is 6.84. The van der Waals surface area contributed by atoms with E-state index in [9.17, 15) is 4.79 Å². The Kier molecular flexibility index (Phi) is 7.31. The average Bonchev–Trinajstić information content (AvgIpc) is 2.71. The zero-order valence-electron chi connectivity index (χ0n) is 16.3. The predicted octanol–water partition coefficient (Wildman–Crippen LogP) is 0.815. The minimum Gasteiger partial charge on any atom is -0.489 e. The number of carboxylic acid groups (broad SMARTS) is 1. The molecule has 8 heteroatoms. The molecule has 3 aromatic rings. The molecular weight excluding hydrogens is 388 g/mol. The molecule has 0 saturated carbocycles. The molecule has 0 fully saturated rings. The Morgan fingerprint density at radius 3 is 1.83 bits per heavy atom. The van der Waals surface area contributed by atoms with Gasteiger partial charge in [-0.15, -0.1) is 0 Å². The van der Waals surface area contributed by atoms with Crippen LogP contribution in [0.25, 0.3) is 0 Å². The van der Waals surface area contributed by atoms with E-state index in [0.29, 0.717) is 24.7 Å². The van der Waals surface area contributed by atoms with Crippen molar-refractivity contribution in [3.05, 3.63) is 84.4 Å². The molecule has 2 aromatic heterocycles. The van der Waals surface area contributed by atoms with Crippen molar-refractivity contribution in [2.24, 2.45) is 0 Å². The highest BCUT2D eigenvalue weighted by Gasteiger charge is 2.09. The number of nitrogens with zero attached hydrogens (tertiary/aromatic N) is 2. The van der Waals surface area contributed by atoms with E-state index in [1.807, 2.05) is 18.2 Å². The smallest absolute Gasteiger partial charge is 0.370 e. The molecule has 0 aliphatic carbocycles. The summed E-state index contributed by atoms with van der Waals surface area (Å²) in [5.41, 5.74) is 1.77. The molecule has 0 unspecified atom stereocenters. The normalized spacial score (nSPS) is 10.8. The highest BCUT2D eigenvalue weighted by atomic mass is 16.5. The lowest BCUT2D eigenvalue weighted by atomic mass is 10.3. The van der Waals surface area contributed by atoms with Gasteiger partial charge in [-0.05, 0) is 36.4 Å². The molecule has 0 spiro atoms. The fraction of sp³-hybridized carbons (Fsp3) is 0.227. The maximum Gasteiger partial charge on any atom is 0.370 e. The summed E-state index contributed by atoms with van der Waals surface area (Å²) in [4.78, 5) is 10.8. The molecule has 1 aromatic carbocycles. The number of pyridine rings is 2. The number of carbonyl (C=O) groups is 1. The summed E-state index contributed by atoms with van der Waals surface area (Å²) in [7, 11) is 0. The van der Waals surface area contributed by atoms with Crippen LogP contribution in [0.3, 0.4) is 0 Å². The van der Waals surface area contributed by atoms with Gasteiger partial charge >= 0.3 is 5.97 Å². The molecule has 3 rings (SSSR count). The maximum atomic E-state index is 10.8. The van der Waals surface area contributed by atoms with Gasteiger partial charge in [0.2, 0.25) is 12.8 Å². The standard InChI is InChI=1S/C22H23N2O6/c25-21(26)13-23-9-1-3-17(11-23)15-29-19-5-7-20(8-6-19)30-16-18-4-2-10-24(12-18)14-22(27)28/h1-12,21,25-26H,13-16H2/q+1/p+1. The van der Waals surface area contributed by atoms with Crippen LogP contribution in [0.15, 0.2) is 73.3 Å². The fourth-order valence-electron chi connectivity index (χ4n) is 2.85. The van der Waals surface area contributed by atoms with Gasteiger partial charge in [-0.2, -0.15) is 9.13 Å². The molecule has 0 radical (unpaired) electrons. The number of ether oxygens (including phenoxy) is 2. The van der Waals surface area contributed by atoms with Crippen molar-refractivity contribution < 1.29 is 38.7 Å². The molecule has 0 atom stereocenters. The summed E-state index contributed by atoms with van der Waals surface area (Å²) < 4.78 is 14.8. The van der Waals surface area contributed by atoms with E-state index in [0.717, 1.165) is 11.1 Å². The van der Waals surface area contributed by atoms with Crippen LogP contribution in [0.1, 0.15) is 11.1 Å². The number of aliphatic hydroxyl groups excluding tert-OH is 1. The van der Waals surface area contributed by atoms with Gasteiger partial charge in [0.25, 0.3) is 0 Å². The second-order valence-electron chi connectivity index (χ2n) is 6.72. The molecule has 0 bridgehead atoms. The van der Waals surface area contributed by atoms with E-state index in [4.69, 9.17) is 24.8 Å². The van der Waals surface area contributed by atoms with Crippen LogP contribution < -0.4 is 18.6 Å². The van der Waals surface area contributed by atoms with Gasteiger partial charge in [0.05, 0.1) is 11.1 Å². The summed E-state index contributed by atoms with van der Waals surface area (Å²) in [6.07, 6.45) is 5.59. The van der Waals surface area contributed by atoms with Gasteiger partial charge in [-0.1, -0.05) is 0 Å². The van der Waals surface area contributed by atoms with Crippen molar-refractivity contribution in [3.8, 4) is 11.5 Å². The number of aliphatic hydroxyl groups is 2. The largest absolute Gasteiger partial charge is 0.489 e. The summed E-state index contributed by atoms with van der Waals surface area (Å²) in [6.45, 7) is 0.664. The van der Waals surface area contributed by atoms with Crippen molar-refractivity contribution in [3.63, 3.8) is 0 Å².